The van der Waals surface area contributed by atoms with Crippen molar-refractivity contribution >= 4 is 17.4 Å². The van der Waals surface area contributed by atoms with Gasteiger partial charge in [0.25, 0.3) is 0 Å². The number of nitrogens with one attached hydrogen (secondary N) is 3. The predicted octanol–water partition coefficient (Wildman–Crippen LogP) is 2.58. The lowest BCUT2D eigenvalue weighted by Gasteiger charge is -2.09. The number of anilines is 2. The summed E-state index contributed by atoms with van der Waals surface area (Å²) in [6, 6.07) is 12.3. The summed E-state index contributed by atoms with van der Waals surface area (Å²) in [7, 11) is 0. The van der Waals surface area contributed by atoms with Gasteiger partial charge in [-0.15, -0.1) is 0 Å². The molecule has 0 bridgehead atoms. The fourth-order valence-corrected chi connectivity index (χ4v) is 1.83. The number of nitrogens with zero attached hydrogens (tertiary/aromatic N) is 2. The molecular weight excluding hydrogens is 278 g/mol. The van der Waals surface area contributed by atoms with Crippen molar-refractivity contribution in [2.45, 2.75) is 6.42 Å². The van der Waals surface area contributed by atoms with Gasteiger partial charge in [0.1, 0.15) is 0 Å². The lowest BCUT2D eigenvalue weighted by Crippen LogP contribution is -2.30. The highest BCUT2D eigenvalue weighted by Crippen LogP contribution is 2.09. The summed E-state index contributed by atoms with van der Waals surface area (Å²) in [6.07, 6.45) is 4.25. The Bertz CT molecular complexity index is 651. The standard InChI is InChI=1S/C16H17N5O/c17-12-13-3-1-4-15(11-13)21-16(22)20-8-2-7-19-14-5-9-18-10-6-14/h1,3-6,9-11H,2,7-8H2,(H,18,19)(H2,20,21,22). The average Bonchev–Trinajstić information content (AvgIpc) is 2.55. The van der Waals surface area contributed by atoms with Crippen LogP contribution in [0.1, 0.15) is 12.0 Å². The average molecular weight is 295 g/mol. The van der Waals surface area contributed by atoms with E-state index in [2.05, 4.69) is 20.9 Å². The SMILES string of the molecule is N#Cc1cccc(NC(=O)NCCCNc2ccncc2)c1. The fraction of sp³-hybridized carbons (Fsp3) is 0.188. The lowest BCUT2D eigenvalue weighted by molar-refractivity contribution is 0.252. The number of carbonyl (C=O) groups excluding carboxylic acids is 1. The van der Waals surface area contributed by atoms with E-state index in [4.69, 9.17) is 5.26 Å². The maximum atomic E-state index is 11.7. The molecule has 0 aliphatic rings. The van der Waals surface area contributed by atoms with Crippen LogP contribution in [0.5, 0.6) is 0 Å². The molecule has 0 spiro atoms. The van der Waals surface area contributed by atoms with Gasteiger partial charge in [-0.2, -0.15) is 5.26 Å². The molecule has 0 aliphatic heterocycles. The number of amides is 2. The molecule has 0 atom stereocenters. The molecule has 0 unspecified atom stereocenters. The second-order valence-corrected chi connectivity index (χ2v) is 4.59. The van der Waals surface area contributed by atoms with Crippen molar-refractivity contribution in [3.8, 4) is 6.07 Å². The second kappa shape index (κ2) is 8.27. The van der Waals surface area contributed by atoms with E-state index in [0.717, 1.165) is 18.7 Å². The molecule has 0 radical (unpaired) electrons. The highest BCUT2D eigenvalue weighted by molar-refractivity contribution is 5.89. The Morgan fingerprint density at radius 3 is 2.73 bits per heavy atom. The Kier molecular flexibility index (Phi) is 5.76. The van der Waals surface area contributed by atoms with Gasteiger partial charge < -0.3 is 16.0 Å². The van der Waals surface area contributed by atoms with Crippen LogP contribution in [0.2, 0.25) is 0 Å². The zero-order valence-corrected chi connectivity index (χ0v) is 12.0. The van der Waals surface area contributed by atoms with E-state index >= 15 is 0 Å². The topological polar surface area (TPSA) is 89.8 Å². The van der Waals surface area contributed by atoms with Gasteiger partial charge in [-0.05, 0) is 36.8 Å². The van der Waals surface area contributed by atoms with Crippen molar-refractivity contribution < 1.29 is 4.79 Å². The van der Waals surface area contributed by atoms with Gasteiger partial charge in [0.2, 0.25) is 0 Å². The summed E-state index contributed by atoms with van der Waals surface area (Å²) in [4.78, 5) is 15.7. The minimum atomic E-state index is -0.279. The molecule has 1 heterocycles. The Morgan fingerprint density at radius 2 is 1.95 bits per heavy atom. The van der Waals surface area contributed by atoms with Crippen LogP contribution in [0.3, 0.4) is 0 Å². The minimum Gasteiger partial charge on any atom is -0.385 e. The van der Waals surface area contributed by atoms with Gasteiger partial charge in [-0.25, -0.2) is 4.79 Å². The number of hydrogen-bond acceptors (Lipinski definition) is 4. The van der Waals surface area contributed by atoms with Crippen LogP contribution in [0.15, 0.2) is 48.8 Å². The zero-order valence-electron chi connectivity index (χ0n) is 12.0. The summed E-state index contributed by atoms with van der Waals surface area (Å²) >= 11 is 0. The number of aromatic nitrogens is 1. The molecular formula is C16H17N5O. The molecule has 0 fully saturated rings. The molecule has 0 saturated heterocycles. The van der Waals surface area contributed by atoms with Crippen molar-refractivity contribution in [2.24, 2.45) is 0 Å². The van der Waals surface area contributed by atoms with Crippen molar-refractivity contribution in [1.82, 2.24) is 10.3 Å². The maximum Gasteiger partial charge on any atom is 0.319 e. The first-order chi connectivity index (χ1) is 10.8. The van der Waals surface area contributed by atoms with Gasteiger partial charge in [0, 0.05) is 36.9 Å². The van der Waals surface area contributed by atoms with Crippen LogP contribution in [0.4, 0.5) is 16.2 Å². The Morgan fingerprint density at radius 1 is 1.14 bits per heavy atom. The number of benzene rings is 1. The third-order valence-corrected chi connectivity index (χ3v) is 2.90. The van der Waals surface area contributed by atoms with Gasteiger partial charge in [0.15, 0.2) is 0 Å². The van der Waals surface area contributed by atoms with Crippen molar-refractivity contribution in [1.29, 1.82) is 5.26 Å². The molecule has 3 N–H and O–H groups in total. The highest BCUT2D eigenvalue weighted by Gasteiger charge is 2.01. The highest BCUT2D eigenvalue weighted by atomic mass is 16.2. The van der Waals surface area contributed by atoms with Gasteiger partial charge in [-0.3, -0.25) is 4.98 Å². The third-order valence-electron chi connectivity index (χ3n) is 2.90. The first kappa shape index (κ1) is 15.3. The molecule has 1 aromatic carbocycles. The fourth-order valence-electron chi connectivity index (χ4n) is 1.83. The second-order valence-electron chi connectivity index (χ2n) is 4.59. The van der Waals surface area contributed by atoms with Crippen LogP contribution < -0.4 is 16.0 Å². The molecule has 2 amide bonds. The number of carbonyl (C=O) groups is 1. The van der Waals surface area contributed by atoms with E-state index in [9.17, 15) is 4.79 Å². The van der Waals surface area contributed by atoms with Crippen LogP contribution in [0, 0.1) is 11.3 Å². The maximum absolute atomic E-state index is 11.7. The summed E-state index contributed by atoms with van der Waals surface area (Å²) in [5, 5.41) is 17.5. The number of urea groups is 1. The summed E-state index contributed by atoms with van der Waals surface area (Å²) in [5.74, 6) is 0. The van der Waals surface area contributed by atoms with E-state index in [1.807, 2.05) is 18.2 Å². The number of rotatable bonds is 6. The Balaban J connectivity index is 1.64. The van der Waals surface area contributed by atoms with Crippen molar-refractivity contribution in [3.63, 3.8) is 0 Å². The van der Waals surface area contributed by atoms with Crippen LogP contribution in [-0.4, -0.2) is 24.1 Å². The number of pyridine rings is 1. The molecule has 112 valence electrons. The van der Waals surface area contributed by atoms with Crippen LogP contribution in [-0.2, 0) is 0 Å². The molecule has 6 heteroatoms. The van der Waals surface area contributed by atoms with E-state index in [1.54, 1.807) is 36.7 Å². The first-order valence-corrected chi connectivity index (χ1v) is 6.97. The zero-order chi connectivity index (χ0) is 15.6. The van der Waals surface area contributed by atoms with Gasteiger partial charge in [-0.1, -0.05) is 6.07 Å². The summed E-state index contributed by atoms with van der Waals surface area (Å²) < 4.78 is 0. The minimum absolute atomic E-state index is 0.279. The molecule has 0 aliphatic carbocycles. The Hall–Kier alpha value is -3.07. The lowest BCUT2D eigenvalue weighted by atomic mass is 10.2. The summed E-state index contributed by atoms with van der Waals surface area (Å²) in [6.45, 7) is 1.32. The van der Waals surface area contributed by atoms with Crippen LogP contribution >= 0.6 is 0 Å². The monoisotopic (exact) mass is 295 g/mol. The quantitative estimate of drug-likeness (QED) is 0.714. The third kappa shape index (κ3) is 5.13. The van der Waals surface area contributed by atoms with Crippen LogP contribution in [0.25, 0.3) is 0 Å². The molecule has 1 aromatic heterocycles. The largest absolute Gasteiger partial charge is 0.385 e. The van der Waals surface area contributed by atoms with E-state index in [1.165, 1.54) is 0 Å². The number of nitriles is 1. The van der Waals surface area contributed by atoms with Gasteiger partial charge >= 0.3 is 6.03 Å². The Labute approximate surface area is 129 Å². The first-order valence-electron chi connectivity index (χ1n) is 6.97. The smallest absolute Gasteiger partial charge is 0.319 e. The molecule has 2 rings (SSSR count). The van der Waals surface area contributed by atoms with Crippen molar-refractivity contribution in [3.05, 3.63) is 54.4 Å². The molecule has 6 nitrogen and oxygen atoms in total. The molecule has 0 saturated carbocycles. The van der Waals surface area contributed by atoms with Crippen molar-refractivity contribution in [2.75, 3.05) is 23.7 Å². The predicted molar refractivity (Wildman–Crippen MR) is 85.5 cm³/mol. The van der Waals surface area contributed by atoms with Gasteiger partial charge in [0.05, 0.1) is 11.6 Å². The van der Waals surface area contributed by atoms with E-state index in [-0.39, 0.29) is 6.03 Å². The summed E-state index contributed by atoms with van der Waals surface area (Å²) in [5.41, 5.74) is 2.12. The van der Waals surface area contributed by atoms with E-state index < -0.39 is 0 Å². The van der Waals surface area contributed by atoms with E-state index in [0.29, 0.717) is 17.8 Å². The molecule has 2 aromatic rings. The number of hydrogen-bond donors (Lipinski definition) is 3. The molecule has 22 heavy (non-hydrogen) atoms. The normalized spacial score (nSPS) is 9.59.